The number of nitrogens with two attached hydrogens (primary N) is 1. The zero-order chi connectivity index (χ0) is 21.3. The van der Waals surface area contributed by atoms with Gasteiger partial charge in [0.05, 0.1) is 22.0 Å². The number of para-hydroxylation sites is 1. The molecule has 2 amide bonds. The van der Waals surface area contributed by atoms with Crippen molar-refractivity contribution in [1.29, 1.82) is 0 Å². The minimum atomic E-state index is -4.79. The van der Waals surface area contributed by atoms with Gasteiger partial charge in [-0.3, -0.25) is 9.59 Å². The van der Waals surface area contributed by atoms with Crippen LogP contribution in [0.4, 0.5) is 18.9 Å². The minimum absolute atomic E-state index is 0.0210. The fraction of sp³-hybridized carbons (Fsp3) is 0.0556. The van der Waals surface area contributed by atoms with E-state index in [1.165, 1.54) is 36.4 Å². The van der Waals surface area contributed by atoms with Crippen molar-refractivity contribution in [2.24, 2.45) is 5.73 Å². The Kier molecular flexibility index (Phi) is 5.54. The van der Waals surface area contributed by atoms with Crippen LogP contribution < -0.4 is 11.1 Å². The Balaban J connectivity index is 2.09. The van der Waals surface area contributed by atoms with Crippen LogP contribution in [0.3, 0.4) is 0 Å². The number of anilines is 1. The molecule has 0 aliphatic carbocycles. The molecule has 150 valence electrons. The lowest BCUT2D eigenvalue weighted by Gasteiger charge is -2.11. The van der Waals surface area contributed by atoms with Crippen molar-refractivity contribution >= 4 is 40.7 Å². The molecule has 0 spiro atoms. The molecule has 0 fully saturated rings. The number of halogens is 5. The maximum atomic E-state index is 13.2. The highest BCUT2D eigenvalue weighted by atomic mass is 35.5. The summed E-state index contributed by atoms with van der Waals surface area (Å²) >= 11 is 11.9. The number of hydrogen-bond acceptors (Lipinski definition) is 3. The number of rotatable bonds is 4. The predicted octanol–water partition coefficient (Wildman–Crippen LogP) is 4.55. The van der Waals surface area contributed by atoms with Crippen molar-refractivity contribution in [1.82, 2.24) is 9.78 Å². The quantitative estimate of drug-likeness (QED) is 0.620. The minimum Gasteiger partial charge on any atom is -0.366 e. The Morgan fingerprint density at radius 3 is 2.38 bits per heavy atom. The SMILES string of the molecule is NC(=O)c1cc(Cl)ccc1NC(=O)c1cc(C(F)(F)F)nn1-c1ccccc1Cl. The molecule has 0 unspecified atom stereocenters. The van der Waals surface area contributed by atoms with Crippen LogP contribution in [0.25, 0.3) is 5.69 Å². The average molecular weight is 443 g/mol. The second-order valence-corrected chi connectivity index (χ2v) is 6.63. The summed E-state index contributed by atoms with van der Waals surface area (Å²) in [5, 5.41) is 6.12. The Bertz CT molecular complexity index is 1110. The smallest absolute Gasteiger partial charge is 0.366 e. The van der Waals surface area contributed by atoms with Gasteiger partial charge >= 0.3 is 6.18 Å². The number of aromatic nitrogens is 2. The van der Waals surface area contributed by atoms with Gasteiger partial charge in [0, 0.05) is 11.1 Å². The zero-order valence-corrected chi connectivity index (χ0v) is 15.8. The second-order valence-electron chi connectivity index (χ2n) is 5.78. The van der Waals surface area contributed by atoms with E-state index in [0.717, 1.165) is 4.68 Å². The van der Waals surface area contributed by atoms with Gasteiger partial charge < -0.3 is 11.1 Å². The third kappa shape index (κ3) is 4.36. The normalized spacial score (nSPS) is 11.3. The molecule has 0 saturated heterocycles. The van der Waals surface area contributed by atoms with Crippen LogP contribution in [-0.4, -0.2) is 21.6 Å². The van der Waals surface area contributed by atoms with Crippen LogP contribution in [0.1, 0.15) is 26.5 Å². The summed E-state index contributed by atoms with van der Waals surface area (Å²) in [6.07, 6.45) is -4.79. The van der Waals surface area contributed by atoms with Crippen LogP contribution in [-0.2, 0) is 6.18 Å². The molecule has 2 aromatic carbocycles. The number of nitrogens with one attached hydrogen (secondary N) is 1. The van der Waals surface area contributed by atoms with Gasteiger partial charge in [0.25, 0.3) is 11.8 Å². The molecule has 3 N–H and O–H groups in total. The van der Waals surface area contributed by atoms with E-state index in [1.807, 2.05) is 0 Å². The highest BCUT2D eigenvalue weighted by molar-refractivity contribution is 6.32. The molecule has 6 nitrogen and oxygen atoms in total. The van der Waals surface area contributed by atoms with Gasteiger partial charge in [0.1, 0.15) is 5.69 Å². The van der Waals surface area contributed by atoms with Gasteiger partial charge in [-0.2, -0.15) is 18.3 Å². The monoisotopic (exact) mass is 442 g/mol. The first-order valence-corrected chi connectivity index (χ1v) is 8.66. The van der Waals surface area contributed by atoms with Crippen molar-refractivity contribution < 1.29 is 22.8 Å². The van der Waals surface area contributed by atoms with E-state index in [9.17, 15) is 22.8 Å². The van der Waals surface area contributed by atoms with Gasteiger partial charge in [-0.1, -0.05) is 35.3 Å². The highest BCUT2D eigenvalue weighted by Gasteiger charge is 2.36. The lowest BCUT2D eigenvalue weighted by Crippen LogP contribution is -2.20. The average Bonchev–Trinajstić information content (AvgIpc) is 3.09. The first-order valence-electron chi connectivity index (χ1n) is 7.91. The lowest BCUT2D eigenvalue weighted by atomic mass is 10.1. The van der Waals surface area contributed by atoms with Gasteiger partial charge in [-0.05, 0) is 30.3 Å². The van der Waals surface area contributed by atoms with Crippen LogP contribution in [0, 0.1) is 0 Å². The summed E-state index contributed by atoms with van der Waals surface area (Å²) < 4.78 is 40.3. The molecule has 3 aromatic rings. The molecule has 0 atom stereocenters. The summed E-state index contributed by atoms with van der Waals surface area (Å²) in [5.74, 6) is -1.84. The molecule has 0 radical (unpaired) electrons. The van der Waals surface area contributed by atoms with Crippen molar-refractivity contribution in [2.45, 2.75) is 6.18 Å². The molecule has 0 aliphatic heterocycles. The summed E-state index contributed by atoms with van der Waals surface area (Å²) in [5.41, 5.74) is 3.48. The Morgan fingerprint density at radius 1 is 1.07 bits per heavy atom. The summed E-state index contributed by atoms with van der Waals surface area (Å²) in [6, 6.07) is 10.5. The summed E-state index contributed by atoms with van der Waals surface area (Å²) in [4.78, 5) is 24.3. The fourth-order valence-electron chi connectivity index (χ4n) is 2.50. The van der Waals surface area contributed by atoms with E-state index in [0.29, 0.717) is 6.07 Å². The van der Waals surface area contributed by atoms with E-state index in [1.54, 1.807) is 6.07 Å². The highest BCUT2D eigenvalue weighted by Crippen LogP contribution is 2.31. The van der Waals surface area contributed by atoms with E-state index in [4.69, 9.17) is 28.9 Å². The molecule has 0 bridgehead atoms. The molecular weight excluding hydrogens is 432 g/mol. The first-order chi connectivity index (χ1) is 13.6. The Labute approximate surface area is 172 Å². The molecule has 0 aliphatic rings. The number of hydrogen-bond donors (Lipinski definition) is 2. The number of alkyl halides is 3. The number of carbonyl (C=O) groups is 2. The maximum absolute atomic E-state index is 13.2. The van der Waals surface area contributed by atoms with Crippen molar-refractivity contribution in [3.8, 4) is 5.69 Å². The lowest BCUT2D eigenvalue weighted by molar-refractivity contribution is -0.141. The molecule has 29 heavy (non-hydrogen) atoms. The topological polar surface area (TPSA) is 90.0 Å². The third-order valence-corrected chi connectivity index (χ3v) is 4.36. The summed E-state index contributed by atoms with van der Waals surface area (Å²) in [6.45, 7) is 0. The van der Waals surface area contributed by atoms with Crippen LogP contribution in [0.15, 0.2) is 48.5 Å². The van der Waals surface area contributed by atoms with Crippen LogP contribution in [0.2, 0.25) is 10.0 Å². The number of carbonyl (C=O) groups excluding carboxylic acids is 2. The van der Waals surface area contributed by atoms with Gasteiger partial charge in [0.15, 0.2) is 5.69 Å². The van der Waals surface area contributed by atoms with E-state index in [-0.39, 0.29) is 27.0 Å². The number of amides is 2. The molecule has 1 heterocycles. The molecular formula is C18H11Cl2F3N4O2. The van der Waals surface area contributed by atoms with Gasteiger partial charge in [-0.25, -0.2) is 4.68 Å². The molecule has 0 saturated carbocycles. The third-order valence-electron chi connectivity index (χ3n) is 3.81. The molecule has 3 rings (SSSR count). The van der Waals surface area contributed by atoms with E-state index >= 15 is 0 Å². The number of benzene rings is 2. The number of nitrogens with zero attached hydrogens (tertiary/aromatic N) is 2. The summed E-state index contributed by atoms with van der Waals surface area (Å²) in [7, 11) is 0. The molecule has 11 heteroatoms. The zero-order valence-electron chi connectivity index (χ0n) is 14.3. The fourth-order valence-corrected chi connectivity index (χ4v) is 2.89. The largest absolute Gasteiger partial charge is 0.435 e. The number of primary amides is 1. The first kappa shape index (κ1) is 20.7. The van der Waals surface area contributed by atoms with E-state index < -0.39 is 29.4 Å². The Hall–Kier alpha value is -3.04. The Morgan fingerprint density at radius 2 is 1.76 bits per heavy atom. The standard InChI is InChI=1S/C18H11Cl2F3N4O2/c19-9-5-6-12(10(7-9)16(24)28)25-17(29)14-8-15(18(21,22)23)26-27(14)13-4-2-1-3-11(13)20/h1-8H,(H2,24,28)(H,25,29). The van der Waals surface area contributed by atoms with Crippen molar-refractivity contribution in [2.75, 3.05) is 5.32 Å². The maximum Gasteiger partial charge on any atom is 0.435 e. The van der Waals surface area contributed by atoms with Gasteiger partial charge in [0.2, 0.25) is 0 Å². The van der Waals surface area contributed by atoms with Crippen molar-refractivity contribution in [3.63, 3.8) is 0 Å². The predicted molar refractivity (Wildman–Crippen MR) is 101 cm³/mol. The second kappa shape index (κ2) is 7.76. The molecule has 1 aromatic heterocycles. The van der Waals surface area contributed by atoms with Crippen molar-refractivity contribution in [3.05, 3.63) is 75.5 Å². The van der Waals surface area contributed by atoms with Crippen LogP contribution >= 0.6 is 23.2 Å². The van der Waals surface area contributed by atoms with E-state index in [2.05, 4.69) is 10.4 Å². The van der Waals surface area contributed by atoms with Gasteiger partial charge in [-0.15, -0.1) is 0 Å². The van der Waals surface area contributed by atoms with Crippen LogP contribution in [0.5, 0.6) is 0 Å².